The number of esters is 3. The van der Waals surface area contributed by atoms with Gasteiger partial charge in [0.15, 0.2) is 5.03 Å². The average molecular weight is 402 g/mol. The van der Waals surface area contributed by atoms with Crippen molar-refractivity contribution in [2.45, 2.75) is 13.2 Å². The predicted octanol–water partition coefficient (Wildman–Crippen LogP) is 3.47. The first-order valence-electron chi connectivity index (χ1n) is 8.40. The molecule has 0 bridgehead atoms. The second-order valence-electron chi connectivity index (χ2n) is 5.66. The first-order chi connectivity index (χ1) is 13.5. The summed E-state index contributed by atoms with van der Waals surface area (Å²) < 4.78 is 15.2. The number of anilines is 1. The molecule has 3 rings (SSSR count). The highest BCUT2D eigenvalue weighted by molar-refractivity contribution is 6.42. The maximum absolute atomic E-state index is 12.2. The lowest BCUT2D eigenvalue weighted by Crippen LogP contribution is -2.24. The zero-order valence-electron chi connectivity index (χ0n) is 14.8. The molecule has 1 N–H and O–H groups in total. The van der Waals surface area contributed by atoms with Crippen LogP contribution in [0.2, 0.25) is 0 Å². The minimum atomic E-state index is -1.31. The predicted molar refractivity (Wildman–Crippen MR) is 101 cm³/mol. The van der Waals surface area contributed by atoms with Crippen LogP contribution in [0, 0.1) is 0 Å². The van der Waals surface area contributed by atoms with E-state index in [1.54, 1.807) is 61.5 Å². The van der Waals surface area contributed by atoms with E-state index in [-0.39, 0.29) is 17.3 Å². The Hall–Kier alpha value is -3.32. The number of hydrogen-bond donors (Lipinski definition) is 1. The Kier molecular flexibility index (Phi) is 5.96. The van der Waals surface area contributed by atoms with Crippen LogP contribution in [0.5, 0.6) is 0 Å². The number of halogens is 1. The molecule has 8 heteroatoms. The van der Waals surface area contributed by atoms with Crippen LogP contribution in [0.4, 0.5) is 5.69 Å². The lowest BCUT2D eigenvalue weighted by Gasteiger charge is -2.16. The summed E-state index contributed by atoms with van der Waals surface area (Å²) in [4.78, 5) is 35.8. The van der Waals surface area contributed by atoms with Crippen LogP contribution in [-0.2, 0) is 19.0 Å². The van der Waals surface area contributed by atoms with Gasteiger partial charge in [-0.15, -0.1) is 0 Å². The van der Waals surface area contributed by atoms with Crippen molar-refractivity contribution in [3.05, 3.63) is 76.5 Å². The van der Waals surface area contributed by atoms with E-state index in [0.29, 0.717) is 16.8 Å². The van der Waals surface area contributed by atoms with Gasteiger partial charge in [0, 0.05) is 5.69 Å². The van der Waals surface area contributed by atoms with Crippen molar-refractivity contribution >= 4 is 35.2 Å². The molecule has 2 aromatic rings. The van der Waals surface area contributed by atoms with Crippen LogP contribution in [0.25, 0.3) is 0 Å². The van der Waals surface area contributed by atoms with E-state index in [9.17, 15) is 14.4 Å². The number of cyclic esters (lactones) is 1. The van der Waals surface area contributed by atoms with Gasteiger partial charge in [-0.1, -0.05) is 29.8 Å². The van der Waals surface area contributed by atoms with Gasteiger partial charge in [0.05, 0.1) is 17.7 Å². The van der Waals surface area contributed by atoms with E-state index in [1.165, 1.54) is 0 Å². The summed E-state index contributed by atoms with van der Waals surface area (Å²) in [6.07, 6.45) is -1.31. The molecule has 0 radical (unpaired) electrons. The van der Waals surface area contributed by atoms with Crippen LogP contribution in [0.3, 0.4) is 0 Å². The van der Waals surface area contributed by atoms with E-state index in [2.05, 4.69) is 5.32 Å². The fraction of sp³-hybridized carbons (Fsp3) is 0.150. The number of hydrogen-bond acceptors (Lipinski definition) is 7. The van der Waals surface area contributed by atoms with Gasteiger partial charge in [-0.05, 0) is 43.3 Å². The summed E-state index contributed by atoms with van der Waals surface area (Å²) in [5, 5.41) is 2.68. The third kappa shape index (κ3) is 4.32. The van der Waals surface area contributed by atoms with Crippen LogP contribution in [0.1, 0.15) is 27.6 Å². The van der Waals surface area contributed by atoms with Crippen molar-refractivity contribution < 1.29 is 28.6 Å². The van der Waals surface area contributed by atoms with Crippen LogP contribution in [-0.4, -0.2) is 30.8 Å². The number of ether oxygens (including phenoxy) is 3. The highest BCUT2D eigenvalue weighted by atomic mass is 35.5. The summed E-state index contributed by atoms with van der Waals surface area (Å²) >= 11 is 6.00. The Morgan fingerprint density at radius 1 is 1.04 bits per heavy atom. The van der Waals surface area contributed by atoms with E-state index >= 15 is 0 Å². The van der Waals surface area contributed by atoms with Crippen molar-refractivity contribution in [1.29, 1.82) is 0 Å². The molecule has 0 aromatic heterocycles. The second kappa shape index (κ2) is 8.58. The second-order valence-corrected chi connectivity index (χ2v) is 6.04. The molecule has 0 aliphatic carbocycles. The van der Waals surface area contributed by atoms with Crippen molar-refractivity contribution in [3.8, 4) is 0 Å². The summed E-state index contributed by atoms with van der Waals surface area (Å²) in [5.74, 6) is -1.92. The van der Waals surface area contributed by atoms with Gasteiger partial charge in [0.1, 0.15) is 5.70 Å². The summed E-state index contributed by atoms with van der Waals surface area (Å²) in [5.41, 5.74) is 1.29. The van der Waals surface area contributed by atoms with Crippen molar-refractivity contribution in [2.24, 2.45) is 0 Å². The van der Waals surface area contributed by atoms with E-state index < -0.39 is 24.2 Å². The monoisotopic (exact) mass is 401 g/mol. The quantitative estimate of drug-likeness (QED) is 0.741. The summed E-state index contributed by atoms with van der Waals surface area (Å²) in [7, 11) is 0. The molecule has 1 heterocycles. The van der Waals surface area contributed by atoms with Gasteiger partial charge in [0.2, 0.25) is 0 Å². The molecule has 1 atom stereocenters. The fourth-order valence-corrected chi connectivity index (χ4v) is 2.60. The molecule has 1 unspecified atom stereocenters. The molecule has 2 aromatic carbocycles. The highest BCUT2D eigenvalue weighted by Gasteiger charge is 2.36. The average Bonchev–Trinajstić information content (AvgIpc) is 2.97. The van der Waals surface area contributed by atoms with E-state index in [0.717, 1.165) is 0 Å². The smallest absolute Gasteiger partial charge is 0.355 e. The molecular formula is C20H16ClNO6. The number of carbonyl (C=O) groups is 3. The summed E-state index contributed by atoms with van der Waals surface area (Å²) in [6, 6.07) is 14.6. The topological polar surface area (TPSA) is 90.9 Å². The third-order valence-corrected chi connectivity index (χ3v) is 4.12. The molecule has 0 fully saturated rings. The van der Waals surface area contributed by atoms with Gasteiger partial charge >= 0.3 is 17.9 Å². The van der Waals surface area contributed by atoms with Crippen LogP contribution < -0.4 is 5.32 Å². The van der Waals surface area contributed by atoms with Gasteiger partial charge < -0.3 is 19.5 Å². The number of rotatable bonds is 6. The lowest BCUT2D eigenvalue weighted by molar-refractivity contribution is -0.152. The van der Waals surface area contributed by atoms with Crippen molar-refractivity contribution in [1.82, 2.24) is 0 Å². The minimum absolute atomic E-state index is 0.0971. The SMILES string of the molecule is CCOC(=O)c1ccc(NC2=C(Cl)C(=O)OC2OC(=O)c2ccccc2)cc1. The largest absolute Gasteiger partial charge is 0.462 e. The standard InChI is InChI=1S/C20H16ClNO6/c1-2-26-17(23)13-8-10-14(11-9-13)22-16-15(21)19(25)28-20(16)27-18(24)12-6-4-3-5-7-12/h3-11,20,22H,2H2,1H3. The normalized spacial score (nSPS) is 15.8. The molecule has 1 aliphatic rings. The molecule has 0 saturated heterocycles. The Balaban J connectivity index is 1.74. The minimum Gasteiger partial charge on any atom is -0.462 e. The maximum atomic E-state index is 12.2. The molecule has 0 saturated carbocycles. The van der Waals surface area contributed by atoms with E-state index in [1.807, 2.05) is 0 Å². The molecule has 0 spiro atoms. The van der Waals surface area contributed by atoms with Gasteiger partial charge in [-0.3, -0.25) is 0 Å². The Morgan fingerprint density at radius 3 is 2.32 bits per heavy atom. The highest BCUT2D eigenvalue weighted by Crippen LogP contribution is 2.28. The number of nitrogens with one attached hydrogen (secondary N) is 1. The lowest BCUT2D eigenvalue weighted by atomic mass is 10.2. The number of benzene rings is 2. The molecule has 28 heavy (non-hydrogen) atoms. The number of carbonyl (C=O) groups excluding carboxylic acids is 3. The molecule has 1 aliphatic heterocycles. The van der Waals surface area contributed by atoms with Crippen molar-refractivity contribution in [2.75, 3.05) is 11.9 Å². The first-order valence-corrected chi connectivity index (χ1v) is 8.78. The Morgan fingerprint density at radius 2 is 1.68 bits per heavy atom. The van der Waals surface area contributed by atoms with Gasteiger partial charge in [-0.2, -0.15) is 0 Å². The molecule has 144 valence electrons. The fourth-order valence-electron chi connectivity index (χ4n) is 2.42. The molecule has 0 amide bonds. The maximum Gasteiger partial charge on any atom is 0.355 e. The first kappa shape index (κ1) is 19.4. The Bertz CT molecular complexity index is 923. The van der Waals surface area contributed by atoms with Gasteiger partial charge in [0.25, 0.3) is 6.29 Å². The van der Waals surface area contributed by atoms with E-state index in [4.69, 9.17) is 25.8 Å². The van der Waals surface area contributed by atoms with Crippen LogP contribution >= 0.6 is 11.6 Å². The third-order valence-electron chi connectivity index (χ3n) is 3.76. The zero-order chi connectivity index (χ0) is 20.1. The van der Waals surface area contributed by atoms with Gasteiger partial charge in [-0.25, -0.2) is 14.4 Å². The van der Waals surface area contributed by atoms with Crippen LogP contribution in [0.15, 0.2) is 65.3 Å². The zero-order valence-corrected chi connectivity index (χ0v) is 15.6. The molecule has 7 nitrogen and oxygen atoms in total. The summed E-state index contributed by atoms with van der Waals surface area (Å²) in [6.45, 7) is 1.99. The Labute approximate surface area is 165 Å². The molecular weight excluding hydrogens is 386 g/mol. The van der Waals surface area contributed by atoms with Crippen molar-refractivity contribution in [3.63, 3.8) is 0 Å².